The van der Waals surface area contributed by atoms with Gasteiger partial charge in [0.05, 0.1) is 12.1 Å². The fraction of sp³-hybridized carbons (Fsp3) is 0.350. The smallest absolute Gasteiger partial charge is 0.236 e. The fourth-order valence-corrected chi connectivity index (χ4v) is 2.67. The highest BCUT2D eigenvalue weighted by Gasteiger charge is 2.20. The van der Waals surface area contributed by atoms with E-state index in [4.69, 9.17) is 0 Å². The van der Waals surface area contributed by atoms with E-state index in [1.54, 1.807) is 6.07 Å². The number of likely N-dealkylation sites (N-methyl/N-ethyl adjacent to an activating group) is 1. The number of benzene rings is 2. The molecule has 2 rings (SSSR count). The predicted molar refractivity (Wildman–Crippen MR) is 95.3 cm³/mol. The first-order valence-corrected chi connectivity index (χ1v) is 8.43. The first-order valence-electron chi connectivity index (χ1n) is 8.43. The molecule has 0 fully saturated rings. The molecular weight excluding hydrogens is 303 g/mol. The van der Waals surface area contributed by atoms with Crippen LogP contribution < -0.4 is 10.6 Å². The van der Waals surface area contributed by atoms with Crippen LogP contribution in [0.1, 0.15) is 43.5 Å². The molecular formula is C20H25FN2O. The Morgan fingerprint density at radius 2 is 1.79 bits per heavy atom. The van der Waals surface area contributed by atoms with Gasteiger partial charge in [-0.25, -0.2) is 4.39 Å². The average Bonchev–Trinajstić information content (AvgIpc) is 2.59. The second-order valence-electron chi connectivity index (χ2n) is 5.87. The lowest BCUT2D eigenvalue weighted by Gasteiger charge is -2.24. The molecule has 2 aromatic carbocycles. The molecule has 0 saturated heterocycles. The van der Waals surface area contributed by atoms with E-state index in [1.165, 1.54) is 17.7 Å². The highest BCUT2D eigenvalue weighted by molar-refractivity contribution is 5.81. The van der Waals surface area contributed by atoms with Crippen LogP contribution in [0.15, 0.2) is 48.5 Å². The molecule has 0 aliphatic heterocycles. The highest BCUT2D eigenvalue weighted by atomic mass is 19.1. The second kappa shape index (κ2) is 8.60. The van der Waals surface area contributed by atoms with Gasteiger partial charge in [-0.05, 0) is 49.1 Å². The van der Waals surface area contributed by atoms with E-state index in [-0.39, 0.29) is 23.8 Å². The van der Waals surface area contributed by atoms with Crippen molar-refractivity contribution in [3.05, 3.63) is 71.0 Å². The van der Waals surface area contributed by atoms with Crippen molar-refractivity contribution in [1.29, 1.82) is 0 Å². The quantitative estimate of drug-likeness (QED) is 0.815. The number of carbonyl (C=O) groups is 1. The van der Waals surface area contributed by atoms with Crippen molar-refractivity contribution in [1.82, 2.24) is 10.6 Å². The molecule has 0 spiro atoms. The zero-order chi connectivity index (χ0) is 17.5. The molecule has 2 N–H and O–H groups in total. The molecule has 0 aromatic heterocycles. The summed E-state index contributed by atoms with van der Waals surface area (Å²) < 4.78 is 13.7. The Labute approximate surface area is 143 Å². The number of amides is 1. The molecule has 0 aliphatic carbocycles. The summed E-state index contributed by atoms with van der Waals surface area (Å²) in [6.45, 7) is 6.39. The molecule has 0 bridgehead atoms. The van der Waals surface area contributed by atoms with Gasteiger partial charge in [-0.3, -0.25) is 10.1 Å². The van der Waals surface area contributed by atoms with Gasteiger partial charge in [0.2, 0.25) is 5.91 Å². The van der Waals surface area contributed by atoms with Gasteiger partial charge in [0.1, 0.15) is 5.82 Å². The van der Waals surface area contributed by atoms with E-state index in [2.05, 4.69) is 29.7 Å². The van der Waals surface area contributed by atoms with Gasteiger partial charge in [0, 0.05) is 6.54 Å². The van der Waals surface area contributed by atoms with Gasteiger partial charge >= 0.3 is 0 Å². The van der Waals surface area contributed by atoms with Crippen LogP contribution in [-0.2, 0) is 11.2 Å². The van der Waals surface area contributed by atoms with Crippen LogP contribution in [0, 0.1) is 5.82 Å². The molecule has 24 heavy (non-hydrogen) atoms. The van der Waals surface area contributed by atoms with Gasteiger partial charge in [-0.15, -0.1) is 0 Å². The molecule has 4 heteroatoms. The van der Waals surface area contributed by atoms with Crippen LogP contribution in [0.2, 0.25) is 0 Å². The molecule has 0 unspecified atom stereocenters. The van der Waals surface area contributed by atoms with E-state index in [1.807, 2.05) is 32.0 Å². The van der Waals surface area contributed by atoms with Crippen LogP contribution in [0.4, 0.5) is 4.39 Å². The summed E-state index contributed by atoms with van der Waals surface area (Å²) in [5.74, 6) is -0.348. The summed E-state index contributed by atoms with van der Waals surface area (Å²) >= 11 is 0. The third-order valence-corrected chi connectivity index (χ3v) is 4.06. The Kier molecular flexibility index (Phi) is 6.50. The van der Waals surface area contributed by atoms with Crippen LogP contribution in [0.25, 0.3) is 0 Å². The average molecular weight is 328 g/mol. The largest absolute Gasteiger partial charge is 0.355 e. The van der Waals surface area contributed by atoms with Crippen LogP contribution in [-0.4, -0.2) is 18.5 Å². The summed E-state index contributed by atoms with van der Waals surface area (Å²) in [5.41, 5.74) is 3.05. The van der Waals surface area contributed by atoms with Gasteiger partial charge in [0.25, 0.3) is 0 Å². The van der Waals surface area contributed by atoms with Crippen molar-refractivity contribution in [2.24, 2.45) is 0 Å². The number of hydrogen-bond acceptors (Lipinski definition) is 2. The summed E-state index contributed by atoms with van der Waals surface area (Å²) in [6, 6.07) is 14.1. The zero-order valence-corrected chi connectivity index (χ0v) is 14.5. The normalized spacial score (nSPS) is 13.3. The highest BCUT2D eigenvalue weighted by Crippen LogP contribution is 2.24. The Hall–Kier alpha value is -2.20. The lowest BCUT2D eigenvalue weighted by Crippen LogP contribution is -2.43. The van der Waals surface area contributed by atoms with Gasteiger partial charge in [-0.1, -0.05) is 43.3 Å². The third-order valence-electron chi connectivity index (χ3n) is 4.06. The molecule has 0 heterocycles. The van der Waals surface area contributed by atoms with Crippen molar-refractivity contribution < 1.29 is 9.18 Å². The number of aryl methyl sites for hydroxylation is 1. The summed E-state index contributed by atoms with van der Waals surface area (Å²) in [6.07, 6.45) is 0.966. The van der Waals surface area contributed by atoms with E-state index >= 15 is 0 Å². The van der Waals surface area contributed by atoms with Crippen molar-refractivity contribution in [3.8, 4) is 0 Å². The Balaban J connectivity index is 2.31. The molecule has 0 radical (unpaired) electrons. The van der Waals surface area contributed by atoms with Gasteiger partial charge in [-0.2, -0.15) is 0 Å². The molecule has 2 atom stereocenters. The maximum atomic E-state index is 13.7. The topological polar surface area (TPSA) is 41.1 Å². The number of rotatable bonds is 7. The minimum atomic E-state index is -0.385. The van der Waals surface area contributed by atoms with Crippen LogP contribution in [0.5, 0.6) is 0 Å². The molecule has 128 valence electrons. The van der Waals surface area contributed by atoms with E-state index in [0.29, 0.717) is 6.54 Å². The summed E-state index contributed by atoms with van der Waals surface area (Å²) in [7, 11) is 0. The van der Waals surface area contributed by atoms with Crippen molar-refractivity contribution in [2.75, 3.05) is 6.54 Å². The lowest BCUT2D eigenvalue weighted by atomic mass is 9.96. The maximum absolute atomic E-state index is 13.7. The number of carbonyl (C=O) groups excluding carboxylic acids is 1. The SMILES string of the molecule is CCNC(=O)[C@@H](C)N[C@@H](c1ccc(CC)cc1)c1cccc(F)c1. The fourth-order valence-electron chi connectivity index (χ4n) is 2.67. The first-order chi connectivity index (χ1) is 11.5. The standard InChI is InChI=1S/C20H25FN2O/c1-4-15-9-11-16(12-10-15)19(17-7-6-8-18(21)13-17)23-14(3)20(24)22-5-2/h6-14,19,23H,4-5H2,1-3H3,(H,22,24)/t14-,19+/m1/s1. The molecule has 2 aromatic rings. The summed E-state index contributed by atoms with van der Waals surface area (Å²) in [4.78, 5) is 12.1. The number of nitrogens with one attached hydrogen (secondary N) is 2. The number of halogens is 1. The zero-order valence-electron chi connectivity index (χ0n) is 14.5. The minimum Gasteiger partial charge on any atom is -0.355 e. The van der Waals surface area contributed by atoms with Crippen molar-refractivity contribution in [2.45, 2.75) is 39.3 Å². The van der Waals surface area contributed by atoms with Crippen molar-refractivity contribution in [3.63, 3.8) is 0 Å². The molecule has 1 amide bonds. The van der Waals surface area contributed by atoms with E-state index in [0.717, 1.165) is 17.5 Å². The minimum absolute atomic E-state index is 0.0657. The maximum Gasteiger partial charge on any atom is 0.236 e. The Morgan fingerprint density at radius 3 is 2.38 bits per heavy atom. The predicted octanol–water partition coefficient (Wildman–Crippen LogP) is 3.59. The lowest BCUT2D eigenvalue weighted by molar-refractivity contribution is -0.122. The van der Waals surface area contributed by atoms with E-state index < -0.39 is 0 Å². The van der Waals surface area contributed by atoms with Crippen LogP contribution in [0.3, 0.4) is 0 Å². The van der Waals surface area contributed by atoms with Gasteiger partial charge in [0.15, 0.2) is 0 Å². The summed E-state index contributed by atoms with van der Waals surface area (Å²) in [5, 5.41) is 6.13. The van der Waals surface area contributed by atoms with Gasteiger partial charge < -0.3 is 5.32 Å². The van der Waals surface area contributed by atoms with E-state index in [9.17, 15) is 9.18 Å². The first kappa shape index (κ1) is 18.1. The Morgan fingerprint density at radius 1 is 1.08 bits per heavy atom. The number of hydrogen-bond donors (Lipinski definition) is 2. The molecule has 0 aliphatic rings. The monoisotopic (exact) mass is 328 g/mol. The Bertz CT molecular complexity index is 670. The third kappa shape index (κ3) is 4.65. The molecule has 3 nitrogen and oxygen atoms in total. The molecule has 0 saturated carbocycles. The van der Waals surface area contributed by atoms with Crippen LogP contribution >= 0.6 is 0 Å². The van der Waals surface area contributed by atoms with Crippen molar-refractivity contribution >= 4 is 5.91 Å². The second-order valence-corrected chi connectivity index (χ2v) is 5.87.